The van der Waals surface area contributed by atoms with Gasteiger partial charge in [-0.05, 0) is 49.8 Å². The zero-order valence-electron chi connectivity index (χ0n) is 20.1. The molecule has 0 fully saturated rings. The maximum atomic E-state index is 11.3. The van der Waals surface area contributed by atoms with Crippen LogP contribution in [0.5, 0.6) is 5.75 Å². The van der Waals surface area contributed by atoms with Crippen LogP contribution in [0.4, 0.5) is 0 Å². The number of esters is 1. The van der Waals surface area contributed by atoms with Crippen molar-refractivity contribution in [2.45, 2.75) is 19.4 Å². The van der Waals surface area contributed by atoms with Gasteiger partial charge in [0.2, 0.25) is 0 Å². The molecule has 0 aliphatic rings. The van der Waals surface area contributed by atoms with E-state index in [0.29, 0.717) is 26.1 Å². The zero-order chi connectivity index (χ0) is 24.2. The molecule has 0 aromatic heterocycles. The monoisotopic (exact) mass is 460 g/mol. The number of oxime groups is 1. The van der Waals surface area contributed by atoms with Gasteiger partial charge in [0.25, 0.3) is 0 Å². The van der Waals surface area contributed by atoms with Crippen molar-refractivity contribution >= 4 is 11.7 Å². The van der Waals surface area contributed by atoms with Gasteiger partial charge in [-0.1, -0.05) is 65.8 Å². The number of ether oxygens (including phenoxy) is 2. The molecule has 0 heterocycles. The van der Waals surface area contributed by atoms with Crippen LogP contribution in [0.1, 0.15) is 28.7 Å². The minimum absolute atomic E-state index is 0.207. The molecule has 3 aromatic carbocycles. The first-order chi connectivity index (χ1) is 16.5. The van der Waals surface area contributed by atoms with Gasteiger partial charge in [0.1, 0.15) is 24.7 Å². The predicted molar refractivity (Wildman–Crippen MR) is 134 cm³/mol. The third-order valence-corrected chi connectivity index (χ3v) is 5.21. The molecule has 3 rings (SSSR count). The molecule has 0 amide bonds. The van der Waals surface area contributed by atoms with E-state index < -0.39 is 0 Å². The van der Waals surface area contributed by atoms with Crippen LogP contribution in [-0.4, -0.2) is 50.9 Å². The molecule has 6 nitrogen and oxygen atoms in total. The molecule has 0 N–H and O–H groups in total. The second-order valence-corrected chi connectivity index (χ2v) is 8.15. The average Bonchev–Trinajstić information content (AvgIpc) is 2.87. The Labute approximate surface area is 201 Å². The van der Waals surface area contributed by atoms with Crippen molar-refractivity contribution < 1.29 is 19.1 Å². The van der Waals surface area contributed by atoms with Crippen molar-refractivity contribution in [3.63, 3.8) is 0 Å². The van der Waals surface area contributed by atoms with Crippen LogP contribution >= 0.6 is 0 Å². The molecule has 0 radical (unpaired) electrons. The van der Waals surface area contributed by atoms with Crippen LogP contribution in [-0.2, 0) is 27.4 Å². The SMILES string of the molecule is COC(=O)CCc1ccc(OCc2cccc(/C(=N/OCCN(C)C)c3ccccc3)c2)cc1. The highest BCUT2D eigenvalue weighted by Gasteiger charge is 2.09. The fourth-order valence-corrected chi connectivity index (χ4v) is 3.28. The van der Waals surface area contributed by atoms with Gasteiger partial charge in [0.05, 0.1) is 7.11 Å². The normalized spacial score (nSPS) is 11.4. The lowest BCUT2D eigenvalue weighted by Crippen LogP contribution is -2.17. The minimum atomic E-state index is -0.207. The Kier molecular flexibility index (Phi) is 9.67. The maximum absolute atomic E-state index is 11.3. The van der Waals surface area contributed by atoms with E-state index >= 15 is 0 Å². The largest absolute Gasteiger partial charge is 0.489 e. The number of carbonyl (C=O) groups is 1. The lowest BCUT2D eigenvalue weighted by molar-refractivity contribution is -0.140. The standard InChI is InChI=1S/C28H32N2O4/c1-30(2)18-19-34-29-28(24-9-5-4-6-10-24)25-11-7-8-23(20-25)21-33-26-15-12-22(13-16-26)14-17-27(31)32-3/h4-13,15-16,20H,14,17-19,21H2,1-3H3/b29-28+. The van der Waals surface area contributed by atoms with Gasteiger partial charge in [-0.3, -0.25) is 4.79 Å². The Morgan fingerprint density at radius 3 is 2.32 bits per heavy atom. The van der Waals surface area contributed by atoms with Gasteiger partial charge < -0.3 is 19.2 Å². The first kappa shape index (κ1) is 25.0. The first-order valence-corrected chi connectivity index (χ1v) is 11.3. The second-order valence-electron chi connectivity index (χ2n) is 8.15. The van der Waals surface area contributed by atoms with Crippen molar-refractivity contribution in [3.05, 3.63) is 101 Å². The van der Waals surface area contributed by atoms with E-state index in [-0.39, 0.29) is 5.97 Å². The summed E-state index contributed by atoms with van der Waals surface area (Å²) in [5.74, 6) is 0.568. The summed E-state index contributed by atoms with van der Waals surface area (Å²) in [6.07, 6.45) is 1.01. The Morgan fingerprint density at radius 1 is 0.882 bits per heavy atom. The van der Waals surface area contributed by atoms with Crippen LogP contribution in [0, 0.1) is 0 Å². The summed E-state index contributed by atoms with van der Waals surface area (Å²) in [4.78, 5) is 19.0. The molecule has 178 valence electrons. The number of carbonyl (C=O) groups excluding carboxylic acids is 1. The molecule has 0 spiro atoms. The number of nitrogens with zero attached hydrogens (tertiary/aromatic N) is 2. The molecule has 0 aliphatic carbocycles. The Balaban J connectivity index is 1.67. The Morgan fingerprint density at radius 2 is 1.62 bits per heavy atom. The first-order valence-electron chi connectivity index (χ1n) is 11.3. The number of likely N-dealkylation sites (N-methyl/N-ethyl adjacent to an activating group) is 1. The molecular formula is C28H32N2O4. The van der Waals surface area contributed by atoms with Gasteiger partial charge in [-0.2, -0.15) is 0 Å². The van der Waals surface area contributed by atoms with Crippen LogP contribution in [0.15, 0.2) is 84.0 Å². The van der Waals surface area contributed by atoms with Crippen molar-refractivity contribution in [1.29, 1.82) is 0 Å². The number of methoxy groups -OCH3 is 1. The van der Waals surface area contributed by atoms with E-state index in [0.717, 1.165) is 40.3 Å². The molecule has 0 atom stereocenters. The summed E-state index contributed by atoms with van der Waals surface area (Å²) in [5.41, 5.74) is 4.85. The number of rotatable bonds is 12. The average molecular weight is 461 g/mol. The molecule has 6 heteroatoms. The summed E-state index contributed by atoms with van der Waals surface area (Å²) < 4.78 is 10.7. The fraction of sp³-hybridized carbons (Fsp3) is 0.286. The molecule has 3 aromatic rings. The van der Waals surface area contributed by atoms with Gasteiger partial charge >= 0.3 is 5.97 Å². The molecule has 34 heavy (non-hydrogen) atoms. The van der Waals surface area contributed by atoms with Crippen molar-refractivity contribution in [1.82, 2.24) is 4.90 Å². The molecule has 0 saturated heterocycles. The third kappa shape index (κ3) is 8.05. The second kappa shape index (κ2) is 13.2. The Hall–Kier alpha value is -3.64. The number of aryl methyl sites for hydroxylation is 1. The van der Waals surface area contributed by atoms with Gasteiger partial charge in [-0.25, -0.2) is 0 Å². The van der Waals surface area contributed by atoms with Crippen LogP contribution in [0.3, 0.4) is 0 Å². The van der Waals surface area contributed by atoms with E-state index in [9.17, 15) is 4.79 Å². The summed E-state index contributed by atoms with van der Waals surface area (Å²) in [6.45, 7) is 1.74. The lowest BCUT2D eigenvalue weighted by atomic mass is 10.0. The van der Waals surface area contributed by atoms with Crippen molar-refractivity contribution in [2.75, 3.05) is 34.4 Å². The van der Waals surface area contributed by atoms with E-state index in [1.54, 1.807) is 0 Å². The molecule has 0 saturated carbocycles. The topological polar surface area (TPSA) is 60.4 Å². The number of benzene rings is 3. The highest BCUT2D eigenvalue weighted by molar-refractivity contribution is 6.12. The fourth-order valence-electron chi connectivity index (χ4n) is 3.28. The quantitative estimate of drug-likeness (QED) is 0.170. The lowest BCUT2D eigenvalue weighted by Gasteiger charge is -2.12. The predicted octanol–water partition coefficient (Wildman–Crippen LogP) is 4.70. The highest BCUT2D eigenvalue weighted by atomic mass is 16.6. The van der Waals surface area contributed by atoms with E-state index in [4.69, 9.17) is 14.3 Å². The number of hydrogen-bond donors (Lipinski definition) is 0. The summed E-state index contributed by atoms with van der Waals surface area (Å²) >= 11 is 0. The van der Waals surface area contributed by atoms with Gasteiger partial charge in [0, 0.05) is 24.1 Å². The van der Waals surface area contributed by atoms with Crippen LogP contribution < -0.4 is 4.74 Å². The zero-order valence-corrected chi connectivity index (χ0v) is 20.1. The van der Waals surface area contributed by atoms with Crippen molar-refractivity contribution in [2.24, 2.45) is 5.16 Å². The van der Waals surface area contributed by atoms with Crippen LogP contribution in [0.2, 0.25) is 0 Å². The summed E-state index contributed by atoms with van der Waals surface area (Å²) in [5, 5.41) is 4.46. The van der Waals surface area contributed by atoms with Crippen LogP contribution in [0.25, 0.3) is 0 Å². The molecular weight excluding hydrogens is 428 g/mol. The number of hydrogen-bond acceptors (Lipinski definition) is 6. The van der Waals surface area contributed by atoms with Crippen molar-refractivity contribution in [3.8, 4) is 5.75 Å². The summed E-state index contributed by atoms with van der Waals surface area (Å²) in [6, 6.07) is 26.0. The van der Waals surface area contributed by atoms with Gasteiger partial charge in [-0.15, -0.1) is 0 Å². The minimum Gasteiger partial charge on any atom is -0.489 e. The summed E-state index contributed by atoms with van der Waals surface area (Å²) in [7, 11) is 5.41. The Bertz CT molecular complexity index is 1060. The molecule has 0 aliphatic heterocycles. The molecule has 0 unspecified atom stereocenters. The van der Waals surface area contributed by atoms with E-state index in [2.05, 4.69) is 16.1 Å². The highest BCUT2D eigenvalue weighted by Crippen LogP contribution is 2.18. The smallest absolute Gasteiger partial charge is 0.305 e. The van der Waals surface area contributed by atoms with E-state index in [1.807, 2.05) is 86.9 Å². The maximum Gasteiger partial charge on any atom is 0.305 e. The molecule has 0 bridgehead atoms. The van der Waals surface area contributed by atoms with E-state index in [1.165, 1.54) is 7.11 Å². The third-order valence-electron chi connectivity index (χ3n) is 5.21. The van der Waals surface area contributed by atoms with Gasteiger partial charge in [0.15, 0.2) is 0 Å².